The smallest absolute Gasteiger partial charge is 0.407 e. The maximum absolute atomic E-state index is 11.8. The molecule has 0 fully saturated rings. The van der Waals surface area contributed by atoms with Gasteiger partial charge < -0.3 is 10.1 Å². The molecule has 1 aliphatic rings. The summed E-state index contributed by atoms with van der Waals surface area (Å²) < 4.78 is 5.05. The van der Waals surface area contributed by atoms with Crippen LogP contribution in [0.15, 0.2) is 48.5 Å². The predicted molar refractivity (Wildman–Crippen MR) is 91.6 cm³/mol. The quantitative estimate of drug-likeness (QED) is 0.828. The molecule has 23 heavy (non-hydrogen) atoms. The Kier molecular flexibility index (Phi) is 4.48. The predicted octanol–water partition coefficient (Wildman–Crippen LogP) is 3.84. The van der Waals surface area contributed by atoms with Crippen LogP contribution >= 0.6 is 15.9 Å². The topological polar surface area (TPSA) is 55.4 Å². The molecular weight excluding hydrogens is 358 g/mol. The van der Waals surface area contributed by atoms with Crippen molar-refractivity contribution in [3.8, 4) is 11.1 Å². The number of nitrogens with one attached hydrogen (secondary N) is 1. The summed E-state index contributed by atoms with van der Waals surface area (Å²) in [7, 11) is 0. The highest BCUT2D eigenvalue weighted by Gasteiger charge is 2.29. The number of halogens is 1. The van der Waals surface area contributed by atoms with Crippen LogP contribution in [0, 0.1) is 0 Å². The van der Waals surface area contributed by atoms with Crippen molar-refractivity contribution in [3.63, 3.8) is 0 Å². The molecule has 0 bridgehead atoms. The van der Waals surface area contributed by atoms with E-state index < -0.39 is 12.1 Å². The Morgan fingerprint density at radius 1 is 1.09 bits per heavy atom. The van der Waals surface area contributed by atoms with Crippen molar-refractivity contribution in [2.24, 2.45) is 0 Å². The van der Waals surface area contributed by atoms with Crippen molar-refractivity contribution in [2.45, 2.75) is 18.9 Å². The lowest BCUT2D eigenvalue weighted by Gasteiger charge is -2.15. The maximum atomic E-state index is 11.8. The van der Waals surface area contributed by atoms with Gasteiger partial charge in [-0.2, -0.15) is 0 Å². The molecule has 0 saturated carbocycles. The number of carbonyl (C=O) groups is 2. The first kappa shape index (κ1) is 15.7. The van der Waals surface area contributed by atoms with Crippen LogP contribution in [0.1, 0.15) is 24.0 Å². The molecule has 1 N–H and O–H groups in total. The molecule has 2 aromatic carbocycles. The van der Waals surface area contributed by atoms with Gasteiger partial charge in [-0.05, 0) is 45.1 Å². The van der Waals surface area contributed by atoms with Crippen LogP contribution in [0.25, 0.3) is 11.1 Å². The van der Waals surface area contributed by atoms with Gasteiger partial charge in [-0.25, -0.2) is 4.79 Å². The minimum absolute atomic E-state index is 0.0168. The minimum atomic E-state index is -0.620. The summed E-state index contributed by atoms with van der Waals surface area (Å²) in [6.07, 6.45) is -0.591. The Morgan fingerprint density at radius 3 is 2.13 bits per heavy atom. The molecule has 3 rings (SSSR count). The van der Waals surface area contributed by atoms with Gasteiger partial charge in [0.05, 0.1) is 6.04 Å². The van der Waals surface area contributed by atoms with Gasteiger partial charge in [0.15, 0.2) is 0 Å². The number of fused-ring (bicyclic) bond motifs is 3. The third-order valence-corrected chi connectivity index (χ3v) is 4.71. The lowest BCUT2D eigenvalue weighted by atomic mass is 9.98. The van der Waals surface area contributed by atoms with Crippen LogP contribution in [0.4, 0.5) is 4.79 Å². The van der Waals surface area contributed by atoms with Crippen LogP contribution in [0.2, 0.25) is 0 Å². The Bertz CT molecular complexity index is 714. The number of alkyl carbamates (subject to hydrolysis) is 1. The number of hydrogen-bond donors (Lipinski definition) is 1. The van der Waals surface area contributed by atoms with Crippen LogP contribution in [0.3, 0.4) is 0 Å². The Balaban J connectivity index is 1.76. The summed E-state index contributed by atoms with van der Waals surface area (Å²) >= 11 is 2.82. The summed E-state index contributed by atoms with van der Waals surface area (Å²) in [5.41, 5.74) is 4.68. The molecule has 0 saturated heterocycles. The van der Waals surface area contributed by atoms with Gasteiger partial charge in [-0.15, -0.1) is 0 Å². The fourth-order valence-corrected chi connectivity index (χ4v) is 2.99. The molecule has 4 nitrogen and oxygen atoms in total. The van der Waals surface area contributed by atoms with E-state index in [1.807, 2.05) is 24.3 Å². The average Bonchev–Trinajstić information content (AvgIpc) is 2.87. The molecule has 2 aromatic rings. The number of ether oxygens (including phenoxy) is 1. The fourth-order valence-electron chi connectivity index (χ4n) is 2.87. The summed E-state index contributed by atoms with van der Waals surface area (Å²) in [6.45, 7) is 1.83. The van der Waals surface area contributed by atoms with Crippen LogP contribution in [-0.2, 0) is 9.53 Å². The summed E-state index contributed by atoms with van der Waals surface area (Å²) in [4.78, 5) is 22.9. The highest BCUT2D eigenvalue weighted by atomic mass is 79.9. The minimum Gasteiger partial charge on any atom is -0.449 e. The van der Waals surface area contributed by atoms with Gasteiger partial charge >= 0.3 is 6.09 Å². The highest BCUT2D eigenvalue weighted by Crippen LogP contribution is 2.44. The summed E-state index contributed by atoms with van der Waals surface area (Å²) in [5.74, 6) is 0.0168. The largest absolute Gasteiger partial charge is 0.449 e. The number of hydrogen-bond acceptors (Lipinski definition) is 3. The molecular formula is C18H16BrNO3. The molecule has 0 unspecified atom stereocenters. The van der Waals surface area contributed by atoms with E-state index in [2.05, 4.69) is 45.5 Å². The number of carbonyl (C=O) groups excluding carboxylic acids is 2. The molecule has 1 aliphatic carbocycles. The molecule has 118 valence electrons. The normalized spacial score (nSPS) is 13.8. The van der Waals surface area contributed by atoms with E-state index in [0.29, 0.717) is 0 Å². The van der Waals surface area contributed by atoms with Gasteiger partial charge in [0, 0.05) is 5.92 Å². The van der Waals surface area contributed by atoms with E-state index in [9.17, 15) is 9.59 Å². The second kappa shape index (κ2) is 6.54. The van der Waals surface area contributed by atoms with Crippen LogP contribution < -0.4 is 5.32 Å². The highest BCUT2D eigenvalue weighted by molar-refractivity contribution is 9.18. The maximum Gasteiger partial charge on any atom is 0.407 e. The van der Waals surface area contributed by atoms with E-state index in [0.717, 1.165) is 11.1 Å². The Hall–Kier alpha value is -2.14. The van der Waals surface area contributed by atoms with Crippen molar-refractivity contribution >= 4 is 26.7 Å². The number of rotatable bonds is 4. The van der Waals surface area contributed by atoms with Crippen molar-refractivity contribution in [1.82, 2.24) is 5.32 Å². The van der Waals surface area contributed by atoms with Crippen LogP contribution in [-0.4, -0.2) is 23.4 Å². The first-order valence-corrected chi connectivity index (χ1v) is 8.18. The summed E-state index contributed by atoms with van der Waals surface area (Å²) in [5, 5.41) is 2.49. The van der Waals surface area contributed by atoms with Gasteiger partial charge in [0.25, 0.3) is 0 Å². The molecule has 0 radical (unpaired) electrons. The zero-order chi connectivity index (χ0) is 16.4. The molecule has 0 aromatic heterocycles. The first-order chi connectivity index (χ1) is 11.1. The molecule has 1 amide bonds. The van der Waals surface area contributed by atoms with E-state index >= 15 is 0 Å². The fraction of sp³-hybridized carbons (Fsp3) is 0.222. The van der Waals surface area contributed by atoms with E-state index in [4.69, 9.17) is 4.74 Å². The van der Waals surface area contributed by atoms with Gasteiger partial charge in [-0.3, -0.25) is 4.79 Å². The Labute approximate surface area is 143 Å². The van der Waals surface area contributed by atoms with E-state index in [-0.39, 0.29) is 17.2 Å². The lowest BCUT2D eigenvalue weighted by Crippen LogP contribution is -2.37. The second-order valence-electron chi connectivity index (χ2n) is 5.50. The molecule has 1 atom stereocenters. The van der Waals surface area contributed by atoms with Crippen molar-refractivity contribution in [1.29, 1.82) is 0 Å². The zero-order valence-electron chi connectivity index (χ0n) is 12.6. The average molecular weight is 374 g/mol. The van der Waals surface area contributed by atoms with Crippen molar-refractivity contribution in [3.05, 3.63) is 59.7 Å². The van der Waals surface area contributed by atoms with Gasteiger partial charge in [0.1, 0.15) is 6.61 Å². The van der Waals surface area contributed by atoms with Gasteiger partial charge in [-0.1, -0.05) is 48.5 Å². The third-order valence-electron chi connectivity index (χ3n) is 4.02. The summed E-state index contributed by atoms with van der Waals surface area (Å²) in [6, 6.07) is 15.7. The SMILES string of the molecule is C[C@H](NC(=O)OCC1c2ccccc2-c2ccccc21)C(=O)Br. The standard InChI is InChI=1S/C18H16BrNO3/c1-11(17(19)21)20-18(22)23-10-16-14-8-4-2-6-12(14)13-7-3-5-9-15(13)16/h2-9,11,16H,10H2,1H3,(H,20,22)/t11-/m0/s1. The number of amides is 1. The number of benzene rings is 2. The molecule has 0 aliphatic heterocycles. The molecule has 5 heteroatoms. The van der Waals surface area contributed by atoms with E-state index in [1.165, 1.54) is 11.1 Å². The third kappa shape index (κ3) is 3.15. The second-order valence-corrected chi connectivity index (χ2v) is 6.28. The van der Waals surface area contributed by atoms with Crippen LogP contribution in [0.5, 0.6) is 0 Å². The monoisotopic (exact) mass is 373 g/mol. The molecule has 0 heterocycles. The van der Waals surface area contributed by atoms with Gasteiger partial charge in [0.2, 0.25) is 4.69 Å². The molecule has 0 spiro atoms. The first-order valence-electron chi connectivity index (χ1n) is 7.39. The van der Waals surface area contributed by atoms with E-state index in [1.54, 1.807) is 6.92 Å². The Morgan fingerprint density at radius 2 is 1.61 bits per heavy atom. The zero-order valence-corrected chi connectivity index (χ0v) is 14.2. The van der Waals surface area contributed by atoms with Crippen molar-refractivity contribution < 1.29 is 14.3 Å². The lowest BCUT2D eigenvalue weighted by molar-refractivity contribution is -0.111. The van der Waals surface area contributed by atoms with Crippen molar-refractivity contribution in [2.75, 3.05) is 6.61 Å².